The maximum absolute atomic E-state index is 12.1. The number of thioether (sulfide) groups is 1. The van der Waals surface area contributed by atoms with Gasteiger partial charge in [-0.15, -0.1) is 10.2 Å². The van der Waals surface area contributed by atoms with Crippen molar-refractivity contribution in [1.29, 1.82) is 0 Å². The van der Waals surface area contributed by atoms with E-state index in [1.165, 1.54) is 18.2 Å². The second-order valence-corrected chi connectivity index (χ2v) is 7.15. The van der Waals surface area contributed by atoms with E-state index >= 15 is 0 Å². The molecule has 8 nitrogen and oxygen atoms in total. The Morgan fingerprint density at radius 1 is 0.871 bits per heavy atom. The number of hydrogen-bond donors (Lipinski definition) is 2. The Kier molecular flexibility index (Phi) is 6.04. The van der Waals surface area contributed by atoms with E-state index in [1.54, 1.807) is 24.3 Å². The second-order valence-electron chi connectivity index (χ2n) is 6.23. The van der Waals surface area contributed by atoms with Crippen molar-refractivity contribution in [2.24, 2.45) is 0 Å². The lowest BCUT2D eigenvalue weighted by Crippen LogP contribution is -2.10. The highest BCUT2D eigenvalue weighted by molar-refractivity contribution is 7.99. The van der Waals surface area contributed by atoms with Crippen molar-refractivity contribution in [3.05, 3.63) is 72.8 Å². The summed E-state index contributed by atoms with van der Waals surface area (Å²) < 4.78 is 16.5. The minimum Gasteiger partial charge on any atom is -0.504 e. The van der Waals surface area contributed by atoms with Crippen LogP contribution in [0, 0.1) is 0 Å². The van der Waals surface area contributed by atoms with Gasteiger partial charge in [-0.3, -0.25) is 4.79 Å². The van der Waals surface area contributed by atoms with Crippen LogP contribution >= 0.6 is 11.8 Å². The number of phenolic OH excluding ortho intramolecular Hbond substituents is 2. The normalized spacial score (nSPS) is 10.6. The molecule has 0 radical (unpaired) electrons. The van der Waals surface area contributed by atoms with Gasteiger partial charge in [-0.05, 0) is 54.6 Å². The molecule has 0 bridgehead atoms. The van der Waals surface area contributed by atoms with Gasteiger partial charge in [0.2, 0.25) is 5.89 Å². The number of aromatic nitrogens is 2. The van der Waals surface area contributed by atoms with Crippen molar-refractivity contribution in [1.82, 2.24) is 10.2 Å². The maximum atomic E-state index is 12.1. The third kappa shape index (κ3) is 5.34. The smallest absolute Gasteiger partial charge is 0.321 e. The molecule has 0 aliphatic heterocycles. The van der Waals surface area contributed by atoms with Crippen LogP contribution in [-0.2, 0) is 4.79 Å². The Balaban J connectivity index is 1.29. The molecule has 0 saturated carbocycles. The summed E-state index contributed by atoms with van der Waals surface area (Å²) in [6.45, 7) is 0. The first-order chi connectivity index (χ1) is 15.1. The number of benzene rings is 3. The minimum absolute atomic E-state index is 0.0370. The van der Waals surface area contributed by atoms with Crippen LogP contribution in [0.1, 0.15) is 0 Å². The minimum atomic E-state index is -0.483. The Morgan fingerprint density at radius 3 is 2.32 bits per heavy atom. The molecule has 0 aliphatic carbocycles. The highest BCUT2D eigenvalue weighted by Crippen LogP contribution is 2.31. The number of carbonyl (C=O) groups is 1. The van der Waals surface area contributed by atoms with E-state index in [-0.39, 0.29) is 28.4 Å². The summed E-state index contributed by atoms with van der Waals surface area (Å²) in [5.74, 6) is 0.809. The summed E-state index contributed by atoms with van der Waals surface area (Å²) in [6.07, 6.45) is 0. The van der Waals surface area contributed by atoms with Gasteiger partial charge < -0.3 is 24.1 Å². The number of phenols is 2. The quantitative estimate of drug-likeness (QED) is 0.185. The van der Waals surface area contributed by atoms with Crippen LogP contribution in [0.4, 0.5) is 0 Å². The van der Waals surface area contributed by atoms with Crippen LogP contribution in [0.2, 0.25) is 0 Å². The van der Waals surface area contributed by atoms with Crippen molar-refractivity contribution in [3.8, 4) is 40.2 Å². The molecule has 3 aromatic carbocycles. The van der Waals surface area contributed by atoms with Gasteiger partial charge in [0, 0.05) is 5.56 Å². The van der Waals surface area contributed by atoms with Crippen LogP contribution in [0.3, 0.4) is 0 Å². The second kappa shape index (κ2) is 9.23. The molecule has 1 aromatic heterocycles. The fourth-order valence-electron chi connectivity index (χ4n) is 2.52. The molecule has 1 heterocycles. The summed E-state index contributed by atoms with van der Waals surface area (Å²) in [6, 6.07) is 20.2. The van der Waals surface area contributed by atoms with E-state index in [1.807, 2.05) is 30.3 Å². The van der Waals surface area contributed by atoms with Crippen LogP contribution in [-0.4, -0.2) is 32.1 Å². The molecular formula is C22H16N2O6S. The molecular weight excluding hydrogens is 420 g/mol. The SMILES string of the molecule is O=C(CSc1nnc(-c2ccc(O)c(O)c2)o1)Oc1ccc(Oc2ccccc2)cc1. The predicted molar refractivity (Wildman–Crippen MR) is 112 cm³/mol. The van der Waals surface area contributed by atoms with Gasteiger partial charge in [-0.25, -0.2) is 0 Å². The molecule has 156 valence electrons. The molecule has 0 spiro atoms. The number of rotatable bonds is 7. The zero-order chi connectivity index (χ0) is 21.6. The average molecular weight is 436 g/mol. The molecule has 0 fully saturated rings. The van der Waals surface area contributed by atoms with Crippen LogP contribution < -0.4 is 9.47 Å². The summed E-state index contributed by atoms with van der Waals surface area (Å²) >= 11 is 1.02. The average Bonchev–Trinajstić information content (AvgIpc) is 3.25. The van der Waals surface area contributed by atoms with Crippen LogP contribution in [0.5, 0.6) is 28.7 Å². The summed E-state index contributed by atoms with van der Waals surface area (Å²) in [7, 11) is 0. The molecule has 2 N–H and O–H groups in total. The third-order valence-electron chi connectivity index (χ3n) is 3.98. The maximum Gasteiger partial charge on any atom is 0.321 e. The van der Waals surface area contributed by atoms with Crippen molar-refractivity contribution < 1.29 is 28.9 Å². The molecule has 31 heavy (non-hydrogen) atoms. The number of aromatic hydroxyl groups is 2. The molecule has 0 saturated heterocycles. The fourth-order valence-corrected chi connectivity index (χ4v) is 3.06. The third-order valence-corrected chi connectivity index (χ3v) is 4.77. The Hall–Kier alpha value is -3.98. The van der Waals surface area contributed by atoms with E-state index in [0.717, 1.165) is 11.8 Å². The lowest BCUT2D eigenvalue weighted by molar-refractivity contribution is -0.131. The number of hydrogen-bond acceptors (Lipinski definition) is 9. The molecule has 4 rings (SSSR count). The van der Waals surface area contributed by atoms with Crippen molar-refractivity contribution in [3.63, 3.8) is 0 Å². The molecule has 0 aliphatic rings. The molecule has 0 atom stereocenters. The van der Waals surface area contributed by atoms with Crippen LogP contribution in [0.25, 0.3) is 11.5 Å². The van der Waals surface area contributed by atoms with Gasteiger partial charge in [0.25, 0.3) is 5.22 Å². The van der Waals surface area contributed by atoms with Gasteiger partial charge in [-0.2, -0.15) is 0 Å². The monoisotopic (exact) mass is 436 g/mol. The van der Waals surface area contributed by atoms with E-state index in [0.29, 0.717) is 22.8 Å². The van der Waals surface area contributed by atoms with E-state index in [2.05, 4.69) is 10.2 Å². The lowest BCUT2D eigenvalue weighted by atomic mass is 10.2. The number of carbonyl (C=O) groups excluding carboxylic acids is 1. The number of para-hydroxylation sites is 1. The predicted octanol–water partition coefficient (Wildman–Crippen LogP) is 4.64. The highest BCUT2D eigenvalue weighted by atomic mass is 32.2. The first-order valence-electron chi connectivity index (χ1n) is 9.09. The largest absolute Gasteiger partial charge is 0.504 e. The van der Waals surface area contributed by atoms with Gasteiger partial charge >= 0.3 is 5.97 Å². The number of esters is 1. The summed E-state index contributed by atoms with van der Waals surface area (Å²) in [5, 5.41) is 26.8. The van der Waals surface area contributed by atoms with E-state index < -0.39 is 5.97 Å². The zero-order valence-electron chi connectivity index (χ0n) is 16.0. The highest BCUT2D eigenvalue weighted by Gasteiger charge is 2.14. The van der Waals surface area contributed by atoms with Crippen molar-refractivity contribution in [2.75, 3.05) is 5.75 Å². The molecule has 9 heteroatoms. The Bertz CT molecular complexity index is 1180. The number of ether oxygens (including phenoxy) is 2. The van der Waals surface area contributed by atoms with Crippen molar-refractivity contribution >= 4 is 17.7 Å². The Morgan fingerprint density at radius 2 is 1.58 bits per heavy atom. The fraction of sp³-hybridized carbons (Fsp3) is 0.0455. The van der Waals surface area contributed by atoms with Gasteiger partial charge in [-0.1, -0.05) is 30.0 Å². The topological polar surface area (TPSA) is 115 Å². The van der Waals surface area contributed by atoms with Gasteiger partial charge in [0.1, 0.15) is 23.0 Å². The summed E-state index contributed by atoms with van der Waals surface area (Å²) in [4.78, 5) is 12.1. The lowest BCUT2D eigenvalue weighted by Gasteiger charge is -2.07. The first-order valence-corrected chi connectivity index (χ1v) is 10.1. The van der Waals surface area contributed by atoms with E-state index in [9.17, 15) is 15.0 Å². The molecule has 0 unspecified atom stereocenters. The number of nitrogens with zero attached hydrogens (tertiary/aromatic N) is 2. The van der Waals surface area contributed by atoms with Crippen LogP contribution in [0.15, 0.2) is 82.4 Å². The van der Waals surface area contributed by atoms with E-state index in [4.69, 9.17) is 13.9 Å². The van der Waals surface area contributed by atoms with Gasteiger partial charge in [0.05, 0.1) is 0 Å². The molecule has 4 aromatic rings. The van der Waals surface area contributed by atoms with Gasteiger partial charge in [0.15, 0.2) is 11.5 Å². The van der Waals surface area contributed by atoms with Crippen molar-refractivity contribution in [2.45, 2.75) is 5.22 Å². The first kappa shape index (κ1) is 20.3. The molecule has 0 amide bonds. The standard InChI is InChI=1S/C22H16N2O6S/c25-18-11-6-14(12-19(18)26)21-23-24-22(30-21)31-13-20(27)29-17-9-7-16(8-10-17)28-15-4-2-1-3-5-15/h1-12,25-26H,13H2. The zero-order valence-corrected chi connectivity index (χ0v) is 16.8. The summed E-state index contributed by atoms with van der Waals surface area (Å²) in [5.41, 5.74) is 0.440. The Labute approximate surface area is 181 Å².